The minimum atomic E-state index is -0.106. The number of hydrogen-bond acceptors (Lipinski definition) is 4. The lowest BCUT2D eigenvalue weighted by atomic mass is 9.34. The Morgan fingerprint density at radius 2 is 0.661 bits per heavy atom. The minimum Gasteiger partial charge on any atom is -0.192 e. The summed E-state index contributed by atoms with van der Waals surface area (Å²) in [5.74, 6) is 0. The molecule has 62 heavy (non-hydrogen) atoms. The topological polar surface area (TPSA) is 95.2 Å². The average Bonchev–Trinajstić information content (AvgIpc) is 3.84. The lowest BCUT2D eigenvalue weighted by Crippen LogP contribution is -2.53. The monoisotopic (exact) mass is 774 g/mol. The maximum absolute atomic E-state index is 10.5. The molecule has 4 heterocycles. The van der Waals surface area contributed by atoms with Crippen molar-refractivity contribution in [2.75, 3.05) is 0 Å². The van der Waals surface area contributed by atoms with Crippen LogP contribution in [-0.2, 0) is 0 Å². The van der Waals surface area contributed by atoms with Crippen LogP contribution in [0.4, 0.5) is 0 Å². The van der Waals surface area contributed by atoms with Gasteiger partial charge in [0.05, 0.1) is 46.5 Å². The molecule has 4 aliphatic rings. The molecule has 0 atom stereocenters. The molecule has 0 spiro atoms. The molecule has 0 radical (unpaired) electrons. The van der Waals surface area contributed by atoms with E-state index in [0.717, 1.165) is 77.7 Å². The van der Waals surface area contributed by atoms with Crippen molar-refractivity contribution in [3.63, 3.8) is 0 Å². The van der Waals surface area contributed by atoms with Crippen LogP contribution in [-0.4, -0.2) is 13.4 Å². The zero-order valence-electron chi connectivity index (χ0n) is 32.8. The van der Waals surface area contributed by atoms with Crippen molar-refractivity contribution in [2.45, 2.75) is 0 Å². The minimum absolute atomic E-state index is 0.106. The Bertz CT molecular complexity index is 3710. The van der Waals surface area contributed by atoms with Gasteiger partial charge in [0.2, 0.25) is 13.4 Å². The Labute approximate surface area is 356 Å². The van der Waals surface area contributed by atoms with Crippen LogP contribution in [0.25, 0.3) is 99.1 Å². The second-order valence-corrected chi connectivity index (χ2v) is 17.1. The molecule has 6 heteroatoms. The highest BCUT2D eigenvalue weighted by atomic mass is 14.4. The van der Waals surface area contributed by atoms with Gasteiger partial charge in [0.25, 0.3) is 0 Å². The van der Waals surface area contributed by atoms with Crippen molar-refractivity contribution in [1.29, 1.82) is 21.0 Å². The highest BCUT2D eigenvalue weighted by Gasteiger charge is 2.45. The highest BCUT2D eigenvalue weighted by Crippen LogP contribution is 2.51. The summed E-state index contributed by atoms with van der Waals surface area (Å²) >= 11 is 0. The number of hydrogen-bond donors (Lipinski definition) is 0. The molecule has 10 aromatic rings. The van der Waals surface area contributed by atoms with Crippen LogP contribution < -0.4 is 32.8 Å². The van der Waals surface area contributed by atoms with Gasteiger partial charge in [-0.15, -0.1) is 0 Å². The Balaban J connectivity index is 1.24. The molecule has 4 aliphatic heterocycles. The summed E-state index contributed by atoms with van der Waals surface area (Å²) in [6.45, 7) is -0.212. The molecule has 0 N–H and O–H groups in total. The maximum atomic E-state index is 10.5. The van der Waals surface area contributed by atoms with Gasteiger partial charge in [-0.2, -0.15) is 21.0 Å². The Morgan fingerprint density at radius 1 is 0.290 bits per heavy atom. The second kappa shape index (κ2) is 11.5. The van der Waals surface area contributed by atoms with Gasteiger partial charge in [-0.05, 0) is 160 Å². The van der Waals surface area contributed by atoms with Crippen LogP contribution in [0, 0.1) is 45.3 Å². The molecule has 0 unspecified atom stereocenters. The zero-order valence-corrected chi connectivity index (χ0v) is 32.8. The molecule has 10 aromatic carbocycles. The highest BCUT2D eigenvalue weighted by molar-refractivity contribution is 7.03. The van der Waals surface area contributed by atoms with E-state index in [1.807, 2.05) is 36.4 Å². The van der Waals surface area contributed by atoms with Crippen LogP contribution in [0.2, 0.25) is 0 Å². The quantitative estimate of drug-likeness (QED) is 0.130. The van der Waals surface area contributed by atoms with Crippen LogP contribution in [0.1, 0.15) is 22.3 Å². The summed E-state index contributed by atoms with van der Waals surface area (Å²) in [5, 5.41) is 48.3. The van der Waals surface area contributed by atoms with Crippen molar-refractivity contribution in [2.24, 2.45) is 0 Å². The Kier molecular flexibility index (Phi) is 6.18. The van der Waals surface area contributed by atoms with E-state index in [9.17, 15) is 21.0 Å². The summed E-state index contributed by atoms with van der Waals surface area (Å²) in [7, 11) is 0. The first-order valence-corrected chi connectivity index (χ1v) is 20.8. The normalized spacial score (nSPS) is 12.7. The molecule has 14 rings (SSSR count). The predicted molar refractivity (Wildman–Crippen MR) is 251 cm³/mol. The maximum Gasteiger partial charge on any atom is 0.244 e. The van der Waals surface area contributed by atoms with E-state index >= 15 is 0 Å². The third kappa shape index (κ3) is 3.95. The van der Waals surface area contributed by atoms with Crippen LogP contribution in [0.3, 0.4) is 0 Å². The molecule has 0 bridgehead atoms. The van der Waals surface area contributed by atoms with Crippen molar-refractivity contribution in [3.8, 4) is 91.0 Å². The third-order valence-electron chi connectivity index (χ3n) is 14.3. The number of nitriles is 4. The number of nitrogens with zero attached hydrogens (tertiary/aromatic N) is 4. The predicted octanol–water partition coefficient (Wildman–Crippen LogP) is 8.36. The summed E-state index contributed by atoms with van der Waals surface area (Å²) in [5.41, 5.74) is 22.3. The van der Waals surface area contributed by atoms with Gasteiger partial charge in [0.15, 0.2) is 0 Å². The van der Waals surface area contributed by atoms with Gasteiger partial charge in [0, 0.05) is 0 Å². The zero-order chi connectivity index (χ0) is 41.1. The molecular weight excluding hydrogens is 750 g/mol. The molecule has 4 nitrogen and oxygen atoms in total. The number of rotatable bonds is 2. The fraction of sp³-hybridized carbons (Fsp3) is 0. The molecule has 0 aromatic heterocycles. The Morgan fingerprint density at radius 3 is 1.05 bits per heavy atom. The molecule has 274 valence electrons. The van der Waals surface area contributed by atoms with Crippen LogP contribution >= 0.6 is 0 Å². The van der Waals surface area contributed by atoms with E-state index < -0.39 is 0 Å². The van der Waals surface area contributed by atoms with E-state index in [1.54, 1.807) is 0 Å². The fourth-order valence-corrected chi connectivity index (χ4v) is 12.0. The van der Waals surface area contributed by atoms with Gasteiger partial charge >= 0.3 is 0 Å². The van der Waals surface area contributed by atoms with Crippen molar-refractivity contribution >= 4 is 78.5 Å². The van der Waals surface area contributed by atoms with Crippen LogP contribution in [0.5, 0.6) is 0 Å². The second-order valence-electron chi connectivity index (χ2n) is 17.1. The van der Waals surface area contributed by atoms with Gasteiger partial charge < -0.3 is 0 Å². The van der Waals surface area contributed by atoms with Gasteiger partial charge in [-0.1, -0.05) is 118 Å². The van der Waals surface area contributed by atoms with E-state index in [4.69, 9.17) is 0 Å². The third-order valence-corrected chi connectivity index (χ3v) is 14.3. The van der Waals surface area contributed by atoms with Gasteiger partial charge in [-0.3, -0.25) is 0 Å². The van der Waals surface area contributed by atoms with Gasteiger partial charge in [0.1, 0.15) is 0 Å². The number of fused-ring (bicyclic) bond motifs is 10. The van der Waals surface area contributed by atoms with E-state index in [1.165, 1.54) is 54.2 Å². The standard InChI is InChI=1S/C56H24B2N4/c59-25-29-11-13-47-38(16-29)44-18-32(28-62)20-46-40-22-36(34-9-5-2-6-10-34)42-24-50-51-39(45-19-31(27-61)17-43-37-15-30(26-60)12-14-48(37)58(50)55(43)45)21-35(33-7-3-1-4-8-33)41-23-49(57(47)56(44)46)52(40)54(42)53(41)51/h1-24H. The lowest BCUT2D eigenvalue weighted by Gasteiger charge is -2.33. The molecule has 0 amide bonds. The Hall–Kier alpha value is -8.67. The first kappa shape index (κ1) is 33.2. The molecule has 0 saturated carbocycles. The smallest absolute Gasteiger partial charge is 0.192 e. The van der Waals surface area contributed by atoms with E-state index in [2.05, 4.69) is 133 Å². The largest absolute Gasteiger partial charge is 0.244 e. The summed E-state index contributed by atoms with van der Waals surface area (Å²) in [4.78, 5) is 0. The summed E-state index contributed by atoms with van der Waals surface area (Å²) in [6, 6.07) is 60.9. The summed E-state index contributed by atoms with van der Waals surface area (Å²) in [6.07, 6.45) is 0. The van der Waals surface area contributed by atoms with E-state index in [-0.39, 0.29) is 13.4 Å². The van der Waals surface area contributed by atoms with Gasteiger partial charge in [-0.25, -0.2) is 0 Å². The number of benzene rings is 10. The average molecular weight is 774 g/mol. The lowest BCUT2D eigenvalue weighted by molar-refractivity contribution is 1.48. The fourth-order valence-electron chi connectivity index (χ4n) is 12.0. The van der Waals surface area contributed by atoms with Crippen molar-refractivity contribution < 1.29 is 0 Å². The first-order chi connectivity index (χ1) is 30.6. The summed E-state index contributed by atoms with van der Waals surface area (Å²) < 4.78 is 0. The molecule has 0 fully saturated rings. The van der Waals surface area contributed by atoms with Crippen molar-refractivity contribution in [3.05, 3.63) is 168 Å². The molecule has 0 aliphatic carbocycles. The van der Waals surface area contributed by atoms with E-state index in [0.29, 0.717) is 22.3 Å². The molecular formula is C56H24B2N4. The van der Waals surface area contributed by atoms with Crippen LogP contribution in [0.15, 0.2) is 146 Å². The van der Waals surface area contributed by atoms with Crippen molar-refractivity contribution in [1.82, 2.24) is 0 Å². The molecule has 0 saturated heterocycles. The first-order valence-electron chi connectivity index (χ1n) is 20.8. The SMILES string of the molecule is N#Cc1ccc2c(c1)-c1cc(C#N)cc3c1B2c1cc2c(-c4ccccc4)cc4c5c(cc6c(-c7ccccc7)cc-3c1c6c25)B1c2ccc(C#N)cc2-c2cc(C#N)cc-4c21.